The molecule has 1 unspecified atom stereocenters. The average Bonchev–Trinajstić information content (AvgIpc) is 2.97. The molecule has 1 N–H and O–H groups in total. The van der Waals surface area contributed by atoms with E-state index in [4.69, 9.17) is 18.9 Å². The Morgan fingerprint density at radius 1 is 1.14 bits per heavy atom. The summed E-state index contributed by atoms with van der Waals surface area (Å²) in [5.74, 6) is 2.34. The van der Waals surface area contributed by atoms with E-state index in [0.29, 0.717) is 30.5 Å². The van der Waals surface area contributed by atoms with E-state index in [1.54, 1.807) is 13.2 Å². The van der Waals surface area contributed by atoms with E-state index in [1.165, 1.54) is 0 Å². The van der Waals surface area contributed by atoms with Gasteiger partial charge in [-0.3, -0.25) is 4.79 Å². The second-order valence-corrected chi connectivity index (χ2v) is 6.74. The number of allylic oxidation sites excluding steroid dienone is 1. The van der Waals surface area contributed by atoms with Crippen LogP contribution in [0.15, 0.2) is 42.5 Å². The molecule has 0 spiro atoms. The van der Waals surface area contributed by atoms with Gasteiger partial charge in [0.25, 0.3) is 5.91 Å². The Balaban J connectivity index is 1.59. The zero-order chi connectivity index (χ0) is 20.6. The number of carbonyl (C=O) groups is 1. The van der Waals surface area contributed by atoms with Gasteiger partial charge in [0.05, 0.1) is 26.4 Å². The summed E-state index contributed by atoms with van der Waals surface area (Å²) in [6, 6.07) is 11.1. The summed E-state index contributed by atoms with van der Waals surface area (Å²) in [7, 11) is 1.58. The van der Waals surface area contributed by atoms with Crippen molar-refractivity contribution in [3.8, 4) is 23.0 Å². The molecule has 154 valence electrons. The first-order chi connectivity index (χ1) is 14.1. The molecule has 1 aliphatic rings. The molecule has 6 nitrogen and oxygen atoms in total. The maximum absolute atomic E-state index is 12.4. The lowest BCUT2D eigenvalue weighted by Crippen LogP contribution is -2.31. The van der Waals surface area contributed by atoms with Gasteiger partial charge in [-0.15, -0.1) is 0 Å². The van der Waals surface area contributed by atoms with Gasteiger partial charge < -0.3 is 24.3 Å². The fourth-order valence-electron chi connectivity index (χ4n) is 3.06. The lowest BCUT2D eigenvalue weighted by molar-refractivity contribution is -0.123. The van der Waals surface area contributed by atoms with Crippen LogP contribution in [0, 0.1) is 0 Å². The molecule has 0 fully saturated rings. The molecule has 0 saturated carbocycles. The number of nitrogens with one attached hydrogen (secondary N) is 1. The van der Waals surface area contributed by atoms with Crippen molar-refractivity contribution in [2.24, 2.45) is 0 Å². The minimum absolute atomic E-state index is 0.103. The topological polar surface area (TPSA) is 66.0 Å². The molecule has 29 heavy (non-hydrogen) atoms. The zero-order valence-corrected chi connectivity index (χ0v) is 17.1. The number of rotatable bonds is 7. The van der Waals surface area contributed by atoms with Gasteiger partial charge in [-0.1, -0.05) is 24.3 Å². The van der Waals surface area contributed by atoms with Gasteiger partial charge in [-0.05, 0) is 49.2 Å². The minimum atomic E-state index is -0.218. The number of hydrogen-bond donors (Lipinski definition) is 1. The standard InChI is InChI=1S/C23H27NO5/c1-4-6-17-7-9-19(21(13-17)26-3)29-15-23(25)24-16(2)18-8-10-20-22(14-18)28-12-5-11-27-20/h4,6-10,13-14,16H,5,11-12,15H2,1-3H3,(H,24,25)/b6-4+. The van der Waals surface area contributed by atoms with E-state index in [2.05, 4.69) is 5.32 Å². The highest BCUT2D eigenvalue weighted by Crippen LogP contribution is 2.32. The third-order valence-corrected chi connectivity index (χ3v) is 4.55. The second kappa shape index (κ2) is 9.87. The molecular formula is C23H27NO5. The molecule has 2 aromatic rings. The highest BCUT2D eigenvalue weighted by Gasteiger charge is 2.16. The molecule has 0 radical (unpaired) electrons. The van der Waals surface area contributed by atoms with E-state index in [1.807, 2.05) is 56.3 Å². The van der Waals surface area contributed by atoms with Crippen LogP contribution in [0.1, 0.15) is 37.4 Å². The van der Waals surface area contributed by atoms with Crippen molar-refractivity contribution in [3.63, 3.8) is 0 Å². The van der Waals surface area contributed by atoms with E-state index in [-0.39, 0.29) is 18.6 Å². The summed E-state index contributed by atoms with van der Waals surface area (Å²) in [6.07, 6.45) is 4.77. The molecule has 1 aliphatic heterocycles. The molecule has 1 heterocycles. The van der Waals surface area contributed by atoms with Gasteiger partial charge in [0.15, 0.2) is 29.6 Å². The summed E-state index contributed by atoms with van der Waals surface area (Å²) in [5, 5.41) is 2.95. The number of methoxy groups -OCH3 is 1. The Kier molecular flexibility index (Phi) is 7.00. The SMILES string of the molecule is C/C=C/c1ccc(OCC(=O)NC(C)c2ccc3c(c2)OCCCO3)c(OC)c1. The minimum Gasteiger partial charge on any atom is -0.493 e. The van der Waals surface area contributed by atoms with Crippen LogP contribution in [-0.4, -0.2) is 32.8 Å². The molecule has 0 saturated heterocycles. The molecule has 6 heteroatoms. The summed E-state index contributed by atoms with van der Waals surface area (Å²) >= 11 is 0. The number of hydrogen-bond acceptors (Lipinski definition) is 5. The number of carbonyl (C=O) groups excluding carboxylic acids is 1. The van der Waals surface area contributed by atoms with Crippen molar-refractivity contribution in [3.05, 3.63) is 53.6 Å². The Bertz CT molecular complexity index is 878. The summed E-state index contributed by atoms with van der Waals surface area (Å²) in [5.41, 5.74) is 1.94. The maximum Gasteiger partial charge on any atom is 0.258 e. The van der Waals surface area contributed by atoms with Crippen LogP contribution < -0.4 is 24.3 Å². The van der Waals surface area contributed by atoms with Crippen LogP contribution in [-0.2, 0) is 4.79 Å². The van der Waals surface area contributed by atoms with E-state index in [0.717, 1.165) is 23.3 Å². The first-order valence-electron chi connectivity index (χ1n) is 9.73. The van der Waals surface area contributed by atoms with Gasteiger partial charge in [-0.25, -0.2) is 0 Å². The van der Waals surface area contributed by atoms with Crippen molar-refractivity contribution in [1.29, 1.82) is 0 Å². The Morgan fingerprint density at radius 2 is 1.93 bits per heavy atom. The third kappa shape index (κ3) is 5.44. The lowest BCUT2D eigenvalue weighted by Gasteiger charge is -2.17. The summed E-state index contributed by atoms with van der Waals surface area (Å²) in [4.78, 5) is 12.4. The Morgan fingerprint density at radius 3 is 2.69 bits per heavy atom. The fourth-order valence-corrected chi connectivity index (χ4v) is 3.06. The first-order valence-corrected chi connectivity index (χ1v) is 9.73. The predicted molar refractivity (Wildman–Crippen MR) is 112 cm³/mol. The lowest BCUT2D eigenvalue weighted by atomic mass is 10.1. The molecule has 1 amide bonds. The average molecular weight is 397 g/mol. The number of amides is 1. The highest BCUT2D eigenvalue weighted by molar-refractivity contribution is 5.78. The van der Waals surface area contributed by atoms with Gasteiger partial charge in [-0.2, -0.15) is 0 Å². The molecule has 3 rings (SSSR count). The monoisotopic (exact) mass is 397 g/mol. The van der Waals surface area contributed by atoms with Crippen molar-refractivity contribution in [2.75, 3.05) is 26.9 Å². The predicted octanol–water partition coefficient (Wildman–Crippen LogP) is 4.15. The number of fused-ring (bicyclic) bond motifs is 1. The Labute approximate surface area is 171 Å². The van der Waals surface area contributed by atoms with Gasteiger partial charge >= 0.3 is 0 Å². The maximum atomic E-state index is 12.4. The molecule has 0 aromatic heterocycles. The van der Waals surface area contributed by atoms with Crippen LogP contribution in [0.2, 0.25) is 0 Å². The van der Waals surface area contributed by atoms with Gasteiger partial charge in [0, 0.05) is 6.42 Å². The van der Waals surface area contributed by atoms with Crippen LogP contribution >= 0.6 is 0 Å². The van der Waals surface area contributed by atoms with Crippen LogP contribution in [0.4, 0.5) is 0 Å². The second-order valence-electron chi connectivity index (χ2n) is 6.74. The van der Waals surface area contributed by atoms with Gasteiger partial charge in [0.2, 0.25) is 0 Å². The smallest absolute Gasteiger partial charge is 0.258 e. The molecule has 0 aliphatic carbocycles. The number of ether oxygens (including phenoxy) is 4. The van der Waals surface area contributed by atoms with Crippen LogP contribution in [0.3, 0.4) is 0 Å². The zero-order valence-electron chi connectivity index (χ0n) is 17.1. The van der Waals surface area contributed by atoms with E-state index in [9.17, 15) is 4.79 Å². The van der Waals surface area contributed by atoms with E-state index >= 15 is 0 Å². The molecular weight excluding hydrogens is 370 g/mol. The number of benzene rings is 2. The normalized spacial score (nSPS) is 14.2. The fraction of sp³-hybridized carbons (Fsp3) is 0.348. The van der Waals surface area contributed by atoms with Gasteiger partial charge in [0.1, 0.15) is 0 Å². The first kappa shape index (κ1) is 20.6. The summed E-state index contributed by atoms with van der Waals surface area (Å²) < 4.78 is 22.4. The van der Waals surface area contributed by atoms with Crippen LogP contribution in [0.5, 0.6) is 23.0 Å². The van der Waals surface area contributed by atoms with Crippen molar-refractivity contribution >= 4 is 12.0 Å². The molecule has 2 aromatic carbocycles. The highest BCUT2D eigenvalue weighted by atomic mass is 16.5. The largest absolute Gasteiger partial charge is 0.493 e. The van der Waals surface area contributed by atoms with Crippen LogP contribution in [0.25, 0.3) is 6.08 Å². The van der Waals surface area contributed by atoms with Crippen molar-refractivity contribution < 1.29 is 23.7 Å². The summed E-state index contributed by atoms with van der Waals surface area (Å²) in [6.45, 7) is 5.04. The van der Waals surface area contributed by atoms with Crippen molar-refractivity contribution in [1.82, 2.24) is 5.32 Å². The third-order valence-electron chi connectivity index (χ3n) is 4.55. The Hall–Kier alpha value is -3.15. The molecule has 0 bridgehead atoms. The molecule has 1 atom stereocenters. The van der Waals surface area contributed by atoms with Crippen molar-refractivity contribution in [2.45, 2.75) is 26.3 Å². The van der Waals surface area contributed by atoms with E-state index < -0.39 is 0 Å². The quantitative estimate of drug-likeness (QED) is 0.760.